The van der Waals surface area contributed by atoms with Crippen LogP contribution in [0.15, 0.2) is 48.7 Å². The first-order valence-corrected chi connectivity index (χ1v) is 7.58. The van der Waals surface area contributed by atoms with Gasteiger partial charge in [0.15, 0.2) is 11.5 Å². The second-order valence-corrected chi connectivity index (χ2v) is 5.30. The van der Waals surface area contributed by atoms with Gasteiger partial charge in [-0.15, -0.1) is 5.10 Å². The molecule has 2 N–H and O–H groups in total. The number of aromatic nitrogens is 3. The molecule has 0 aliphatic carbocycles. The van der Waals surface area contributed by atoms with Gasteiger partial charge >= 0.3 is 0 Å². The van der Waals surface area contributed by atoms with E-state index in [9.17, 15) is 10.2 Å². The Bertz CT molecular complexity index is 912. The number of ether oxygens (including phenoxy) is 1. The summed E-state index contributed by atoms with van der Waals surface area (Å²) in [4.78, 5) is 0. The van der Waals surface area contributed by atoms with Crippen LogP contribution in [-0.2, 0) is 0 Å². The summed E-state index contributed by atoms with van der Waals surface area (Å²) < 4.78 is 6.68. The molecule has 0 spiro atoms. The van der Waals surface area contributed by atoms with E-state index in [-0.39, 0.29) is 11.5 Å². The first-order chi connectivity index (χ1) is 12.1. The lowest BCUT2D eigenvalue weighted by molar-refractivity contribution is 0.373. The lowest BCUT2D eigenvalue weighted by atomic mass is 10.2. The number of hydrogen-bond acceptors (Lipinski definition) is 5. The fraction of sp³-hybridized carbons (Fsp3) is 0.0526. The van der Waals surface area contributed by atoms with E-state index in [1.807, 2.05) is 30.4 Å². The van der Waals surface area contributed by atoms with E-state index in [1.54, 1.807) is 47.4 Å². The van der Waals surface area contributed by atoms with E-state index in [1.165, 1.54) is 7.11 Å². The highest BCUT2D eigenvalue weighted by atomic mass is 16.5. The highest BCUT2D eigenvalue weighted by Crippen LogP contribution is 2.26. The normalized spacial score (nSPS) is 11.4. The van der Waals surface area contributed by atoms with Gasteiger partial charge in [-0.2, -0.15) is 0 Å². The molecule has 0 radical (unpaired) electrons. The molecule has 3 rings (SSSR count). The highest BCUT2D eigenvalue weighted by Gasteiger charge is 2.01. The van der Waals surface area contributed by atoms with Gasteiger partial charge in [-0.25, -0.2) is 4.68 Å². The summed E-state index contributed by atoms with van der Waals surface area (Å²) in [5.41, 5.74) is 2.52. The fourth-order valence-electron chi connectivity index (χ4n) is 2.17. The lowest BCUT2D eigenvalue weighted by Gasteiger charge is -2.03. The van der Waals surface area contributed by atoms with Gasteiger partial charge in [-0.05, 0) is 47.5 Å². The molecule has 0 saturated carbocycles. The summed E-state index contributed by atoms with van der Waals surface area (Å²) in [6.07, 6.45) is 9.11. The zero-order valence-corrected chi connectivity index (χ0v) is 13.6. The Balaban J connectivity index is 1.70. The van der Waals surface area contributed by atoms with Crippen molar-refractivity contribution in [3.05, 3.63) is 65.5 Å². The number of nitrogens with zero attached hydrogens (tertiary/aromatic N) is 3. The van der Waals surface area contributed by atoms with Crippen molar-refractivity contribution in [2.45, 2.75) is 0 Å². The molecule has 0 fully saturated rings. The number of phenolic OH excluding ortho intramolecular Hbond substituents is 2. The molecular weight excluding hydrogens is 318 g/mol. The van der Waals surface area contributed by atoms with Crippen LogP contribution < -0.4 is 4.74 Å². The van der Waals surface area contributed by atoms with Crippen molar-refractivity contribution in [1.82, 2.24) is 15.0 Å². The minimum Gasteiger partial charge on any atom is -0.508 e. The van der Waals surface area contributed by atoms with E-state index >= 15 is 0 Å². The van der Waals surface area contributed by atoms with Crippen molar-refractivity contribution in [3.8, 4) is 17.2 Å². The van der Waals surface area contributed by atoms with Crippen LogP contribution in [0.25, 0.3) is 24.4 Å². The van der Waals surface area contributed by atoms with Gasteiger partial charge in [0.25, 0.3) is 0 Å². The molecule has 0 bridgehead atoms. The van der Waals surface area contributed by atoms with Gasteiger partial charge in [-0.3, -0.25) is 0 Å². The molecule has 1 heterocycles. The Labute approximate surface area is 144 Å². The van der Waals surface area contributed by atoms with E-state index in [0.29, 0.717) is 11.4 Å². The van der Waals surface area contributed by atoms with Crippen LogP contribution in [-0.4, -0.2) is 32.3 Å². The zero-order chi connectivity index (χ0) is 17.6. The molecule has 1 aromatic heterocycles. The van der Waals surface area contributed by atoms with E-state index in [2.05, 4.69) is 10.3 Å². The second kappa shape index (κ2) is 7.35. The summed E-state index contributed by atoms with van der Waals surface area (Å²) in [5.74, 6) is 0.754. The monoisotopic (exact) mass is 335 g/mol. The minimum atomic E-state index is 0.102. The van der Waals surface area contributed by atoms with Crippen molar-refractivity contribution >= 4 is 24.4 Å². The molecule has 6 nitrogen and oxygen atoms in total. The molecular formula is C19H17N3O3. The minimum absolute atomic E-state index is 0.102. The number of methoxy groups -OCH3 is 1. The maximum absolute atomic E-state index is 9.60. The number of rotatable bonds is 5. The molecule has 3 aromatic rings. The predicted molar refractivity (Wildman–Crippen MR) is 96.9 cm³/mol. The van der Waals surface area contributed by atoms with Crippen molar-refractivity contribution in [2.75, 3.05) is 7.11 Å². The third-order valence-corrected chi connectivity index (χ3v) is 3.49. The van der Waals surface area contributed by atoms with Crippen molar-refractivity contribution in [3.63, 3.8) is 0 Å². The molecule has 25 heavy (non-hydrogen) atoms. The quantitative estimate of drug-likeness (QED) is 0.746. The van der Waals surface area contributed by atoms with Gasteiger partial charge in [0, 0.05) is 6.20 Å². The van der Waals surface area contributed by atoms with Crippen LogP contribution in [0.1, 0.15) is 16.8 Å². The standard InChI is InChI=1S/C19H17N3O3/c1-25-19-12-15(5-9-18(19)24)2-6-16-13-22(21-20-16)11-10-14-3-7-17(23)8-4-14/h2-13,23-24H,1H3/b6-2+,11-10+. The van der Waals surface area contributed by atoms with Crippen LogP contribution in [0, 0.1) is 0 Å². The molecule has 0 atom stereocenters. The number of benzene rings is 2. The summed E-state index contributed by atoms with van der Waals surface area (Å²) in [6.45, 7) is 0. The van der Waals surface area contributed by atoms with Crippen LogP contribution in [0.4, 0.5) is 0 Å². The first-order valence-electron chi connectivity index (χ1n) is 7.58. The smallest absolute Gasteiger partial charge is 0.161 e. The Morgan fingerprint density at radius 1 is 0.960 bits per heavy atom. The van der Waals surface area contributed by atoms with Crippen molar-refractivity contribution in [1.29, 1.82) is 0 Å². The third-order valence-electron chi connectivity index (χ3n) is 3.49. The molecule has 0 aliphatic rings. The largest absolute Gasteiger partial charge is 0.508 e. The maximum Gasteiger partial charge on any atom is 0.161 e. The molecule has 0 saturated heterocycles. The zero-order valence-electron chi connectivity index (χ0n) is 13.6. The summed E-state index contributed by atoms with van der Waals surface area (Å²) in [5, 5.41) is 27.0. The van der Waals surface area contributed by atoms with Crippen molar-refractivity contribution in [2.24, 2.45) is 0 Å². The first kappa shape index (κ1) is 16.3. The number of hydrogen-bond donors (Lipinski definition) is 2. The fourth-order valence-corrected chi connectivity index (χ4v) is 2.17. The SMILES string of the molecule is COc1cc(/C=C/c2cn(/C=C/c3ccc(O)cc3)nn2)ccc1O. The topological polar surface area (TPSA) is 80.4 Å². The van der Waals surface area contributed by atoms with Gasteiger partial charge in [-0.1, -0.05) is 29.5 Å². The average molecular weight is 335 g/mol. The molecule has 0 amide bonds. The van der Waals surface area contributed by atoms with Crippen molar-refractivity contribution < 1.29 is 14.9 Å². The Kier molecular flexibility index (Phi) is 4.80. The van der Waals surface area contributed by atoms with Crippen LogP contribution in [0.2, 0.25) is 0 Å². The highest BCUT2D eigenvalue weighted by molar-refractivity contribution is 5.69. The van der Waals surface area contributed by atoms with E-state index in [4.69, 9.17) is 4.74 Å². The summed E-state index contributed by atoms with van der Waals surface area (Å²) >= 11 is 0. The Morgan fingerprint density at radius 3 is 2.48 bits per heavy atom. The van der Waals surface area contributed by atoms with Crippen LogP contribution >= 0.6 is 0 Å². The molecule has 126 valence electrons. The predicted octanol–water partition coefficient (Wildman–Crippen LogP) is 3.50. The number of phenols is 2. The summed E-state index contributed by atoms with van der Waals surface area (Å²) in [6, 6.07) is 12.0. The van der Waals surface area contributed by atoms with Gasteiger partial charge in [0.1, 0.15) is 11.4 Å². The maximum atomic E-state index is 9.60. The Morgan fingerprint density at radius 2 is 1.72 bits per heavy atom. The molecule has 6 heteroatoms. The van der Waals surface area contributed by atoms with Crippen LogP contribution in [0.3, 0.4) is 0 Å². The van der Waals surface area contributed by atoms with E-state index < -0.39 is 0 Å². The molecule has 2 aromatic carbocycles. The van der Waals surface area contributed by atoms with Crippen LogP contribution in [0.5, 0.6) is 17.2 Å². The molecule has 0 aliphatic heterocycles. The lowest BCUT2D eigenvalue weighted by Crippen LogP contribution is -1.85. The second-order valence-electron chi connectivity index (χ2n) is 5.30. The van der Waals surface area contributed by atoms with Gasteiger partial charge in [0.05, 0.1) is 13.3 Å². The van der Waals surface area contributed by atoms with E-state index in [0.717, 1.165) is 11.1 Å². The van der Waals surface area contributed by atoms with Gasteiger partial charge in [0.2, 0.25) is 0 Å². The third kappa shape index (κ3) is 4.26. The summed E-state index contributed by atoms with van der Waals surface area (Å²) in [7, 11) is 1.51. The molecule has 0 unspecified atom stereocenters. The Hall–Kier alpha value is -3.54. The number of aromatic hydroxyl groups is 2. The average Bonchev–Trinajstić information content (AvgIpc) is 3.08. The van der Waals surface area contributed by atoms with Gasteiger partial charge < -0.3 is 14.9 Å².